The maximum atomic E-state index is 12.1. The Bertz CT molecular complexity index is 500. The zero-order valence-electron chi connectivity index (χ0n) is 10.9. The Morgan fingerprint density at radius 3 is 2.10 bits per heavy atom. The molecule has 1 unspecified atom stereocenters. The molecule has 1 saturated heterocycles. The summed E-state index contributed by atoms with van der Waals surface area (Å²) in [5, 5.41) is 17.4. The van der Waals surface area contributed by atoms with Gasteiger partial charge in [0.2, 0.25) is 0 Å². The third kappa shape index (κ3) is 4.37. The van der Waals surface area contributed by atoms with Crippen LogP contribution in [-0.4, -0.2) is 83.6 Å². The van der Waals surface area contributed by atoms with Gasteiger partial charge in [-0.2, -0.15) is 0 Å². The molecule has 0 aromatic rings. The van der Waals surface area contributed by atoms with Crippen LogP contribution in [0.4, 0.5) is 4.79 Å². The highest BCUT2D eigenvalue weighted by Gasteiger charge is 2.34. The Morgan fingerprint density at radius 1 is 1.20 bits per heavy atom. The van der Waals surface area contributed by atoms with Gasteiger partial charge in [0.1, 0.15) is 13.1 Å². The van der Waals surface area contributed by atoms with Gasteiger partial charge in [-0.3, -0.25) is 9.59 Å². The number of carbonyl (C=O) groups excluding carboxylic acids is 1. The summed E-state index contributed by atoms with van der Waals surface area (Å²) in [6, 6.07) is -1.40. The van der Waals surface area contributed by atoms with E-state index < -0.39 is 46.9 Å². The number of nitrogens with zero attached hydrogens (tertiary/aromatic N) is 2. The molecule has 2 N–H and O–H groups in total. The maximum Gasteiger partial charge on any atom is 0.323 e. The normalized spacial score (nSPS) is 21.2. The molecule has 114 valence electrons. The van der Waals surface area contributed by atoms with Crippen molar-refractivity contribution in [1.82, 2.24) is 9.80 Å². The number of aliphatic carboxylic acids is 2. The fourth-order valence-corrected chi connectivity index (χ4v) is 3.54. The van der Waals surface area contributed by atoms with Crippen molar-refractivity contribution in [3.8, 4) is 0 Å². The molecule has 1 aliphatic heterocycles. The zero-order valence-corrected chi connectivity index (χ0v) is 11.7. The van der Waals surface area contributed by atoms with Gasteiger partial charge in [0, 0.05) is 12.6 Å². The van der Waals surface area contributed by atoms with Crippen LogP contribution >= 0.6 is 0 Å². The summed E-state index contributed by atoms with van der Waals surface area (Å²) in [6.07, 6.45) is 0. The van der Waals surface area contributed by atoms with Gasteiger partial charge < -0.3 is 20.0 Å². The van der Waals surface area contributed by atoms with Crippen LogP contribution in [0.5, 0.6) is 0 Å². The van der Waals surface area contributed by atoms with Gasteiger partial charge in [0.05, 0.1) is 11.5 Å². The molecular weight excluding hydrogens is 292 g/mol. The molecule has 9 nitrogen and oxygen atoms in total. The average molecular weight is 308 g/mol. The summed E-state index contributed by atoms with van der Waals surface area (Å²) >= 11 is 0. The molecular formula is C10H16N2O7S. The predicted molar refractivity (Wildman–Crippen MR) is 67.1 cm³/mol. The van der Waals surface area contributed by atoms with Crippen LogP contribution in [0.3, 0.4) is 0 Å². The number of urea groups is 1. The Labute approximate surface area is 115 Å². The summed E-state index contributed by atoms with van der Waals surface area (Å²) in [6.45, 7) is -0.0470. The number of carboxylic acid groups (broad SMARTS) is 2. The van der Waals surface area contributed by atoms with E-state index >= 15 is 0 Å². The van der Waals surface area contributed by atoms with Gasteiger partial charge in [-0.25, -0.2) is 13.2 Å². The summed E-state index contributed by atoms with van der Waals surface area (Å²) in [5.41, 5.74) is 0. The van der Waals surface area contributed by atoms with E-state index in [2.05, 4.69) is 0 Å². The first-order valence-corrected chi connectivity index (χ1v) is 7.64. The number of sulfone groups is 1. The van der Waals surface area contributed by atoms with Crippen molar-refractivity contribution in [3.05, 3.63) is 0 Å². The molecule has 0 saturated carbocycles. The summed E-state index contributed by atoms with van der Waals surface area (Å²) in [5.74, 6) is -3.10. The highest BCUT2D eigenvalue weighted by molar-refractivity contribution is 7.91. The van der Waals surface area contributed by atoms with Crippen LogP contribution < -0.4 is 0 Å². The quantitative estimate of drug-likeness (QED) is 0.659. The largest absolute Gasteiger partial charge is 0.480 e. The molecule has 1 heterocycles. The number of rotatable bonds is 4. The summed E-state index contributed by atoms with van der Waals surface area (Å²) in [7, 11) is -3.22. The smallest absolute Gasteiger partial charge is 0.323 e. The second kappa shape index (κ2) is 6.07. The minimum atomic E-state index is -3.22. The minimum absolute atomic E-state index is 0.0714. The molecule has 1 rings (SSSR count). The molecule has 1 atom stereocenters. The third-order valence-electron chi connectivity index (χ3n) is 2.84. The molecule has 0 radical (unpaired) electrons. The second-order valence-electron chi connectivity index (χ2n) is 4.58. The average Bonchev–Trinajstić information content (AvgIpc) is 2.24. The SMILES string of the molecule is CC1CS(=O)(=O)CCN1C(=O)N(CC(=O)O)CC(=O)O. The van der Waals surface area contributed by atoms with E-state index in [1.165, 1.54) is 11.8 Å². The topological polar surface area (TPSA) is 132 Å². The van der Waals surface area contributed by atoms with Gasteiger partial charge in [0.25, 0.3) is 0 Å². The van der Waals surface area contributed by atoms with Crippen LogP contribution in [0.15, 0.2) is 0 Å². The molecule has 0 aromatic heterocycles. The highest BCUT2D eigenvalue weighted by atomic mass is 32.2. The molecule has 0 bridgehead atoms. The lowest BCUT2D eigenvalue weighted by Gasteiger charge is -2.36. The molecule has 2 amide bonds. The van der Waals surface area contributed by atoms with E-state index in [0.717, 1.165) is 0 Å². The first-order valence-electron chi connectivity index (χ1n) is 5.82. The lowest BCUT2D eigenvalue weighted by Crippen LogP contribution is -2.55. The molecule has 1 aliphatic rings. The zero-order chi connectivity index (χ0) is 15.5. The van der Waals surface area contributed by atoms with Crippen LogP contribution in [0.25, 0.3) is 0 Å². The van der Waals surface area contributed by atoms with Crippen LogP contribution in [0, 0.1) is 0 Å². The highest BCUT2D eigenvalue weighted by Crippen LogP contribution is 2.13. The lowest BCUT2D eigenvalue weighted by atomic mass is 10.3. The summed E-state index contributed by atoms with van der Waals surface area (Å²) < 4.78 is 22.8. The fourth-order valence-electron chi connectivity index (χ4n) is 1.98. The monoisotopic (exact) mass is 308 g/mol. The van der Waals surface area contributed by atoms with Crippen molar-refractivity contribution in [2.45, 2.75) is 13.0 Å². The first-order chi connectivity index (χ1) is 9.12. The van der Waals surface area contributed by atoms with E-state index in [9.17, 15) is 22.8 Å². The van der Waals surface area contributed by atoms with Gasteiger partial charge in [0.15, 0.2) is 9.84 Å². The standard InChI is InChI=1S/C10H16N2O7S/c1-7-6-20(18,19)3-2-12(7)10(17)11(4-8(13)14)5-9(15)16/h7H,2-6H2,1H3,(H,13,14)(H,15,16). The van der Waals surface area contributed by atoms with Gasteiger partial charge in [-0.1, -0.05) is 0 Å². The minimum Gasteiger partial charge on any atom is -0.480 e. The van der Waals surface area contributed by atoms with E-state index in [-0.39, 0.29) is 18.1 Å². The lowest BCUT2D eigenvalue weighted by molar-refractivity contribution is -0.140. The molecule has 10 heteroatoms. The van der Waals surface area contributed by atoms with Crippen molar-refractivity contribution in [3.63, 3.8) is 0 Å². The number of carbonyl (C=O) groups is 3. The third-order valence-corrected chi connectivity index (χ3v) is 4.63. The van der Waals surface area contributed by atoms with Crippen molar-refractivity contribution in [2.24, 2.45) is 0 Å². The predicted octanol–water partition coefficient (Wildman–Crippen LogP) is -1.30. The van der Waals surface area contributed by atoms with E-state index in [0.29, 0.717) is 4.90 Å². The first kappa shape index (κ1) is 16.2. The van der Waals surface area contributed by atoms with Gasteiger partial charge in [-0.15, -0.1) is 0 Å². The Balaban J connectivity index is 2.83. The van der Waals surface area contributed by atoms with Crippen molar-refractivity contribution in [2.75, 3.05) is 31.1 Å². The van der Waals surface area contributed by atoms with E-state index in [1.807, 2.05) is 0 Å². The van der Waals surface area contributed by atoms with Crippen molar-refractivity contribution < 1.29 is 33.0 Å². The number of hydrogen-bond donors (Lipinski definition) is 2. The number of amides is 2. The maximum absolute atomic E-state index is 12.1. The number of hydrogen-bond acceptors (Lipinski definition) is 5. The van der Waals surface area contributed by atoms with Gasteiger partial charge in [-0.05, 0) is 6.92 Å². The molecule has 1 fully saturated rings. The Morgan fingerprint density at radius 2 is 1.70 bits per heavy atom. The molecule has 20 heavy (non-hydrogen) atoms. The van der Waals surface area contributed by atoms with Crippen LogP contribution in [-0.2, 0) is 19.4 Å². The Kier molecular flexibility index (Phi) is 4.93. The van der Waals surface area contributed by atoms with Crippen LogP contribution in [0.1, 0.15) is 6.92 Å². The van der Waals surface area contributed by atoms with Gasteiger partial charge >= 0.3 is 18.0 Å². The summed E-state index contributed by atoms with van der Waals surface area (Å²) in [4.78, 5) is 35.3. The molecule has 0 aliphatic carbocycles. The van der Waals surface area contributed by atoms with Crippen molar-refractivity contribution in [1.29, 1.82) is 0 Å². The molecule has 0 aromatic carbocycles. The van der Waals surface area contributed by atoms with E-state index in [4.69, 9.17) is 10.2 Å². The second-order valence-corrected chi connectivity index (χ2v) is 6.81. The number of carboxylic acids is 2. The van der Waals surface area contributed by atoms with Crippen molar-refractivity contribution >= 4 is 27.8 Å². The van der Waals surface area contributed by atoms with E-state index in [1.54, 1.807) is 0 Å². The fraction of sp³-hybridized carbons (Fsp3) is 0.700. The molecule has 0 spiro atoms. The van der Waals surface area contributed by atoms with Crippen LogP contribution in [0.2, 0.25) is 0 Å². The Hall–Kier alpha value is -1.84.